The van der Waals surface area contributed by atoms with Crippen molar-refractivity contribution in [1.29, 1.82) is 0 Å². The Morgan fingerprint density at radius 1 is 1.20 bits per heavy atom. The summed E-state index contributed by atoms with van der Waals surface area (Å²) in [4.78, 5) is 10.6. The number of rotatable bonds is 6. The number of para-hydroxylation sites is 1. The lowest BCUT2D eigenvalue weighted by atomic mass is 10.2. The maximum Gasteiger partial charge on any atom is 0.255 e. The van der Waals surface area contributed by atoms with Crippen LogP contribution in [0.4, 0.5) is 5.69 Å². The Morgan fingerprint density at radius 3 is 2.75 bits per heavy atom. The van der Waals surface area contributed by atoms with Crippen LogP contribution in [0.2, 0.25) is 0 Å². The van der Waals surface area contributed by atoms with Crippen molar-refractivity contribution in [3.63, 3.8) is 0 Å². The molecule has 0 saturated carbocycles. The molecule has 2 aromatic rings. The summed E-state index contributed by atoms with van der Waals surface area (Å²) >= 11 is 0. The van der Waals surface area contributed by atoms with E-state index in [1.807, 2.05) is 42.5 Å². The number of amides is 1. The van der Waals surface area contributed by atoms with Gasteiger partial charge in [-0.15, -0.1) is 0 Å². The van der Waals surface area contributed by atoms with E-state index >= 15 is 0 Å². The van der Waals surface area contributed by atoms with Gasteiger partial charge < -0.3 is 10.5 Å². The number of nitrogens with one attached hydrogen (secondary N) is 1. The molecule has 0 heterocycles. The molecule has 2 aromatic carbocycles. The van der Waals surface area contributed by atoms with E-state index in [4.69, 9.17) is 10.5 Å². The first kappa shape index (κ1) is 13.6. The number of hydrogen-bond acceptors (Lipinski definition) is 4. The molecule has 0 aliphatic rings. The van der Waals surface area contributed by atoms with Crippen LogP contribution >= 0.6 is 0 Å². The molecule has 0 aliphatic carbocycles. The van der Waals surface area contributed by atoms with Gasteiger partial charge in [0.15, 0.2) is 6.61 Å². The minimum atomic E-state index is -0.505. The Balaban J connectivity index is 1.95. The van der Waals surface area contributed by atoms with Gasteiger partial charge in [0.2, 0.25) is 0 Å². The van der Waals surface area contributed by atoms with Crippen LogP contribution in [0.15, 0.2) is 59.7 Å². The molecular weight excluding hydrogens is 254 g/mol. The molecule has 2 rings (SSSR count). The highest BCUT2D eigenvalue weighted by molar-refractivity contribution is 5.81. The lowest BCUT2D eigenvalue weighted by Gasteiger charge is -2.04. The number of benzene rings is 2. The van der Waals surface area contributed by atoms with E-state index in [2.05, 4.69) is 10.5 Å². The van der Waals surface area contributed by atoms with Crippen molar-refractivity contribution in [3.05, 3.63) is 60.2 Å². The lowest BCUT2D eigenvalue weighted by molar-refractivity contribution is -0.119. The number of nitrogens with zero attached hydrogens (tertiary/aromatic N) is 1. The summed E-state index contributed by atoms with van der Waals surface area (Å²) in [6, 6.07) is 16.9. The molecular formula is C15H15N3O2. The summed E-state index contributed by atoms with van der Waals surface area (Å²) in [6.45, 7) is -0.136. The van der Waals surface area contributed by atoms with Crippen molar-refractivity contribution in [3.8, 4) is 5.75 Å². The summed E-state index contributed by atoms with van der Waals surface area (Å²) in [7, 11) is 0. The molecule has 0 radical (unpaired) electrons. The number of carbonyl (C=O) groups is 1. The van der Waals surface area contributed by atoms with Crippen molar-refractivity contribution in [2.24, 2.45) is 10.8 Å². The molecule has 3 N–H and O–H groups in total. The highest BCUT2D eigenvalue weighted by Crippen LogP contribution is 2.12. The second-order valence-corrected chi connectivity index (χ2v) is 4.06. The molecule has 102 valence electrons. The molecule has 5 nitrogen and oxygen atoms in total. The van der Waals surface area contributed by atoms with Gasteiger partial charge in [0, 0.05) is 0 Å². The van der Waals surface area contributed by atoms with Gasteiger partial charge >= 0.3 is 0 Å². The van der Waals surface area contributed by atoms with Crippen molar-refractivity contribution in [1.82, 2.24) is 0 Å². The standard InChI is InChI=1S/C15H15N3O2/c16-15(19)11-20-14-8-4-5-12(9-14)10-17-18-13-6-2-1-3-7-13/h1-10,18H,11H2,(H2,16,19). The summed E-state index contributed by atoms with van der Waals surface area (Å²) in [5, 5.41) is 4.13. The van der Waals surface area contributed by atoms with E-state index < -0.39 is 5.91 Å². The number of primary amides is 1. The van der Waals surface area contributed by atoms with Crippen molar-refractivity contribution in [2.75, 3.05) is 12.0 Å². The van der Waals surface area contributed by atoms with E-state index in [9.17, 15) is 4.79 Å². The van der Waals surface area contributed by atoms with E-state index in [0.717, 1.165) is 11.3 Å². The molecule has 20 heavy (non-hydrogen) atoms. The van der Waals surface area contributed by atoms with Gasteiger partial charge in [0.05, 0.1) is 11.9 Å². The Labute approximate surface area is 117 Å². The molecule has 0 unspecified atom stereocenters. The minimum Gasteiger partial charge on any atom is -0.484 e. The highest BCUT2D eigenvalue weighted by atomic mass is 16.5. The summed E-state index contributed by atoms with van der Waals surface area (Å²) < 4.78 is 5.22. The average Bonchev–Trinajstić information content (AvgIpc) is 2.47. The van der Waals surface area contributed by atoms with Gasteiger partial charge in [-0.05, 0) is 29.8 Å². The van der Waals surface area contributed by atoms with Crippen molar-refractivity contribution in [2.45, 2.75) is 0 Å². The van der Waals surface area contributed by atoms with Gasteiger partial charge in [-0.2, -0.15) is 5.10 Å². The molecule has 5 heteroatoms. The zero-order valence-corrected chi connectivity index (χ0v) is 10.8. The predicted octanol–water partition coefficient (Wildman–Crippen LogP) is 2.00. The molecule has 0 atom stereocenters. The largest absolute Gasteiger partial charge is 0.484 e. The fraction of sp³-hybridized carbons (Fsp3) is 0.0667. The Kier molecular flexibility index (Phi) is 4.72. The number of hydrogen-bond donors (Lipinski definition) is 2. The van der Waals surface area contributed by atoms with E-state index in [-0.39, 0.29) is 6.61 Å². The Morgan fingerprint density at radius 2 is 2.00 bits per heavy atom. The average molecular weight is 269 g/mol. The summed E-state index contributed by atoms with van der Waals surface area (Å²) in [5.74, 6) is 0.0716. The molecule has 0 aromatic heterocycles. The fourth-order valence-electron chi connectivity index (χ4n) is 1.53. The quantitative estimate of drug-likeness (QED) is 0.622. The van der Waals surface area contributed by atoms with Crippen LogP contribution in [0.3, 0.4) is 0 Å². The van der Waals surface area contributed by atoms with Crippen LogP contribution in [0.5, 0.6) is 5.75 Å². The van der Waals surface area contributed by atoms with Gasteiger partial charge in [-0.1, -0.05) is 30.3 Å². The molecule has 1 amide bonds. The number of anilines is 1. The Bertz CT molecular complexity index is 597. The zero-order chi connectivity index (χ0) is 14.2. The Hall–Kier alpha value is -2.82. The van der Waals surface area contributed by atoms with Crippen LogP contribution in [0.25, 0.3) is 0 Å². The van der Waals surface area contributed by atoms with Crippen molar-refractivity contribution < 1.29 is 9.53 Å². The van der Waals surface area contributed by atoms with Gasteiger partial charge in [-0.3, -0.25) is 10.2 Å². The van der Waals surface area contributed by atoms with Crippen LogP contribution < -0.4 is 15.9 Å². The lowest BCUT2D eigenvalue weighted by Crippen LogP contribution is -2.20. The molecule has 0 saturated heterocycles. The molecule has 0 fully saturated rings. The highest BCUT2D eigenvalue weighted by Gasteiger charge is 1.98. The molecule has 0 spiro atoms. The van der Waals surface area contributed by atoms with E-state index in [0.29, 0.717) is 5.75 Å². The summed E-state index contributed by atoms with van der Waals surface area (Å²) in [6.07, 6.45) is 1.67. The first-order chi connectivity index (χ1) is 9.74. The normalized spacial score (nSPS) is 10.4. The predicted molar refractivity (Wildman–Crippen MR) is 78.8 cm³/mol. The maximum absolute atomic E-state index is 10.6. The third-order valence-electron chi connectivity index (χ3n) is 2.42. The van der Waals surface area contributed by atoms with E-state index in [1.54, 1.807) is 18.3 Å². The van der Waals surface area contributed by atoms with Gasteiger partial charge in [-0.25, -0.2) is 0 Å². The third kappa shape index (κ3) is 4.45. The number of carbonyl (C=O) groups excluding carboxylic acids is 1. The topological polar surface area (TPSA) is 76.7 Å². The maximum atomic E-state index is 10.6. The smallest absolute Gasteiger partial charge is 0.255 e. The van der Waals surface area contributed by atoms with E-state index in [1.165, 1.54) is 0 Å². The monoisotopic (exact) mass is 269 g/mol. The third-order valence-corrected chi connectivity index (χ3v) is 2.42. The fourth-order valence-corrected chi connectivity index (χ4v) is 1.53. The molecule has 0 bridgehead atoms. The van der Waals surface area contributed by atoms with Crippen LogP contribution in [0.1, 0.15) is 5.56 Å². The van der Waals surface area contributed by atoms with Gasteiger partial charge in [0.1, 0.15) is 5.75 Å². The second kappa shape index (κ2) is 6.94. The number of hydrazone groups is 1. The van der Waals surface area contributed by atoms with Gasteiger partial charge in [0.25, 0.3) is 5.91 Å². The first-order valence-electron chi connectivity index (χ1n) is 6.09. The number of ether oxygens (including phenoxy) is 1. The molecule has 0 aliphatic heterocycles. The second-order valence-electron chi connectivity index (χ2n) is 4.06. The number of nitrogens with two attached hydrogens (primary N) is 1. The SMILES string of the molecule is NC(=O)COc1cccc(C=NNc2ccccc2)c1. The van der Waals surface area contributed by atoms with Crippen LogP contribution in [-0.2, 0) is 4.79 Å². The zero-order valence-electron chi connectivity index (χ0n) is 10.8. The van der Waals surface area contributed by atoms with Crippen LogP contribution in [-0.4, -0.2) is 18.7 Å². The van der Waals surface area contributed by atoms with Crippen LogP contribution in [0, 0.1) is 0 Å². The first-order valence-corrected chi connectivity index (χ1v) is 6.09. The minimum absolute atomic E-state index is 0.136. The van der Waals surface area contributed by atoms with Crippen molar-refractivity contribution >= 4 is 17.8 Å². The summed E-state index contributed by atoms with van der Waals surface area (Å²) in [5.41, 5.74) is 9.70.